The van der Waals surface area contributed by atoms with Crippen molar-refractivity contribution < 1.29 is 9.90 Å². The number of thiophene rings is 1. The van der Waals surface area contributed by atoms with Crippen LogP contribution in [0.15, 0.2) is 70.2 Å². The topological polar surface area (TPSA) is 96.6 Å². The number of hydrogen-bond donors (Lipinski definition) is 2. The zero-order valence-electron chi connectivity index (χ0n) is 20.4. The van der Waals surface area contributed by atoms with Crippen molar-refractivity contribution in [3.05, 3.63) is 92.1 Å². The lowest BCUT2D eigenvalue weighted by Crippen LogP contribution is -2.24. The van der Waals surface area contributed by atoms with Crippen LogP contribution < -0.4 is 11.0 Å². The van der Waals surface area contributed by atoms with Gasteiger partial charge >= 0.3 is 0 Å². The SMILES string of the molecule is C=CCc1cccc(C=NNC(=O)CSc2nc3sc4c(c3c(=O)n2-c2ccc(Cl)cc2)CCCC4)c1O. The molecule has 4 aromatic rings. The van der Waals surface area contributed by atoms with Gasteiger partial charge in [-0.25, -0.2) is 10.4 Å². The number of aromatic nitrogens is 2. The van der Waals surface area contributed by atoms with Gasteiger partial charge in [-0.1, -0.05) is 41.6 Å². The first-order valence-electron chi connectivity index (χ1n) is 12.2. The molecule has 1 aliphatic carbocycles. The second kappa shape index (κ2) is 11.6. The molecule has 1 aliphatic rings. The van der Waals surface area contributed by atoms with Crippen molar-refractivity contribution in [1.82, 2.24) is 15.0 Å². The number of aryl methyl sites for hydroxylation is 2. The number of amides is 1. The maximum absolute atomic E-state index is 13.8. The van der Waals surface area contributed by atoms with E-state index in [9.17, 15) is 14.7 Å². The van der Waals surface area contributed by atoms with Gasteiger partial charge in [-0.15, -0.1) is 17.9 Å². The van der Waals surface area contributed by atoms with Crippen LogP contribution in [0.25, 0.3) is 15.9 Å². The normalized spacial score (nSPS) is 13.1. The molecule has 2 aromatic heterocycles. The van der Waals surface area contributed by atoms with Crippen molar-refractivity contribution >= 4 is 57.0 Å². The minimum atomic E-state index is -0.365. The number of para-hydroxylation sites is 1. The molecule has 0 saturated carbocycles. The number of phenolic OH excluding ortho intramolecular Hbond substituents is 1. The van der Waals surface area contributed by atoms with E-state index < -0.39 is 0 Å². The summed E-state index contributed by atoms with van der Waals surface area (Å²) in [5, 5.41) is 16.0. The molecule has 0 atom stereocenters. The minimum absolute atomic E-state index is 0.00352. The predicted octanol–water partition coefficient (Wildman–Crippen LogP) is 5.66. The third kappa shape index (κ3) is 5.41. The number of fused-ring (bicyclic) bond motifs is 3. The van der Waals surface area contributed by atoms with Gasteiger partial charge in [0, 0.05) is 15.5 Å². The van der Waals surface area contributed by atoms with E-state index in [1.165, 1.54) is 22.9 Å². The van der Waals surface area contributed by atoms with E-state index in [1.54, 1.807) is 64.4 Å². The number of nitrogens with one attached hydrogen (secondary N) is 1. The first-order chi connectivity index (χ1) is 18.5. The van der Waals surface area contributed by atoms with Crippen molar-refractivity contribution in [1.29, 1.82) is 0 Å². The van der Waals surface area contributed by atoms with Crippen molar-refractivity contribution in [3.8, 4) is 11.4 Å². The number of phenols is 1. The highest BCUT2D eigenvalue weighted by molar-refractivity contribution is 7.99. The smallest absolute Gasteiger partial charge is 0.267 e. The molecule has 0 spiro atoms. The number of hydrazone groups is 1. The first kappa shape index (κ1) is 26.2. The van der Waals surface area contributed by atoms with E-state index in [0.717, 1.165) is 36.8 Å². The fraction of sp³-hybridized carbons (Fsp3) is 0.214. The number of allylic oxidation sites excluding steroid dienone is 1. The predicted molar refractivity (Wildman–Crippen MR) is 155 cm³/mol. The molecular weight excluding hydrogens is 540 g/mol. The van der Waals surface area contributed by atoms with Gasteiger partial charge in [0.05, 0.1) is 23.0 Å². The quantitative estimate of drug-likeness (QED) is 0.0947. The highest BCUT2D eigenvalue weighted by Crippen LogP contribution is 2.35. The van der Waals surface area contributed by atoms with E-state index in [-0.39, 0.29) is 23.0 Å². The van der Waals surface area contributed by atoms with Crippen molar-refractivity contribution in [2.45, 2.75) is 37.3 Å². The average Bonchev–Trinajstić information content (AvgIpc) is 3.29. The maximum Gasteiger partial charge on any atom is 0.267 e. The van der Waals surface area contributed by atoms with Crippen LogP contribution in [0.1, 0.15) is 34.4 Å². The Balaban J connectivity index is 1.39. The molecule has 2 heterocycles. The fourth-order valence-corrected chi connectivity index (χ4v) is 6.71. The molecule has 2 aromatic carbocycles. The summed E-state index contributed by atoms with van der Waals surface area (Å²) in [4.78, 5) is 33.2. The van der Waals surface area contributed by atoms with Crippen LogP contribution in [-0.4, -0.2) is 32.5 Å². The minimum Gasteiger partial charge on any atom is -0.507 e. The third-order valence-electron chi connectivity index (χ3n) is 6.28. The molecule has 0 bridgehead atoms. The molecule has 0 fully saturated rings. The number of carbonyl (C=O) groups excluding carboxylic acids is 1. The molecule has 194 valence electrons. The van der Waals surface area contributed by atoms with Gasteiger partial charge in [0.15, 0.2) is 5.16 Å². The number of hydrogen-bond acceptors (Lipinski definition) is 7. The number of aromatic hydroxyl groups is 1. The van der Waals surface area contributed by atoms with Crippen LogP contribution in [0.3, 0.4) is 0 Å². The molecule has 10 heteroatoms. The lowest BCUT2D eigenvalue weighted by Gasteiger charge is -2.13. The Labute approximate surface area is 232 Å². The lowest BCUT2D eigenvalue weighted by molar-refractivity contribution is -0.118. The Morgan fingerprint density at radius 2 is 2.03 bits per heavy atom. The summed E-state index contributed by atoms with van der Waals surface area (Å²) in [7, 11) is 0. The second-order valence-corrected chi connectivity index (χ2v) is 11.3. The average molecular weight is 565 g/mol. The molecular formula is C28H25ClN4O3S2. The molecule has 2 N–H and O–H groups in total. The molecule has 1 amide bonds. The Kier molecular flexibility index (Phi) is 7.97. The molecule has 0 aliphatic heterocycles. The molecule has 0 unspecified atom stereocenters. The van der Waals surface area contributed by atoms with Crippen molar-refractivity contribution in [3.63, 3.8) is 0 Å². The highest BCUT2D eigenvalue weighted by Gasteiger charge is 2.23. The molecule has 5 rings (SSSR count). The van der Waals surface area contributed by atoms with Crippen LogP contribution >= 0.6 is 34.7 Å². The summed E-state index contributed by atoms with van der Waals surface area (Å²) in [6, 6.07) is 12.3. The standard InChI is InChI=1S/C28H25ClN4O3S2/c1-2-6-17-7-5-8-18(25(17)35)15-30-32-23(34)16-37-28-31-26-24(21-9-3-4-10-22(21)38-26)27(36)33(28)20-13-11-19(29)12-14-20/h2,5,7-8,11-15,35H,1,3-4,6,9-10,16H2,(H,32,34). The summed E-state index contributed by atoms with van der Waals surface area (Å²) in [6.45, 7) is 3.69. The monoisotopic (exact) mass is 564 g/mol. The number of thioether (sulfide) groups is 1. The van der Waals surface area contributed by atoms with Crippen LogP contribution in [0.2, 0.25) is 5.02 Å². The van der Waals surface area contributed by atoms with Gasteiger partial charge in [-0.05, 0) is 73.6 Å². The van der Waals surface area contributed by atoms with Crippen LogP contribution in [0, 0.1) is 0 Å². The first-order valence-corrected chi connectivity index (χ1v) is 14.3. The van der Waals surface area contributed by atoms with Crippen molar-refractivity contribution in [2.24, 2.45) is 5.10 Å². The van der Waals surface area contributed by atoms with Gasteiger partial charge in [-0.2, -0.15) is 5.10 Å². The number of carbonyl (C=O) groups is 1. The van der Waals surface area contributed by atoms with Gasteiger partial charge < -0.3 is 5.11 Å². The molecule has 0 saturated heterocycles. The van der Waals surface area contributed by atoms with Crippen LogP contribution in [0.4, 0.5) is 0 Å². The van der Waals surface area contributed by atoms with Gasteiger partial charge in [0.25, 0.3) is 11.5 Å². The number of nitrogens with zero attached hydrogens (tertiary/aromatic N) is 3. The lowest BCUT2D eigenvalue weighted by atomic mass is 9.97. The summed E-state index contributed by atoms with van der Waals surface area (Å²) < 4.78 is 1.56. The number of halogens is 1. The van der Waals surface area contributed by atoms with E-state index in [4.69, 9.17) is 16.6 Å². The molecule has 38 heavy (non-hydrogen) atoms. The summed E-state index contributed by atoms with van der Waals surface area (Å²) in [5.74, 6) is -0.269. The van der Waals surface area contributed by atoms with E-state index in [2.05, 4.69) is 17.1 Å². The summed E-state index contributed by atoms with van der Waals surface area (Å²) in [5.41, 5.74) is 5.32. The zero-order chi connectivity index (χ0) is 26.6. The second-order valence-electron chi connectivity index (χ2n) is 8.83. The third-order valence-corrected chi connectivity index (χ3v) is 8.66. The molecule has 7 nitrogen and oxygen atoms in total. The fourth-order valence-electron chi connectivity index (χ4n) is 4.47. The Morgan fingerprint density at radius 1 is 1.24 bits per heavy atom. The maximum atomic E-state index is 13.8. The summed E-state index contributed by atoms with van der Waals surface area (Å²) >= 11 is 8.83. The van der Waals surface area contributed by atoms with Gasteiger partial charge in [-0.3, -0.25) is 14.2 Å². The highest BCUT2D eigenvalue weighted by atomic mass is 35.5. The van der Waals surface area contributed by atoms with Crippen LogP contribution in [0.5, 0.6) is 5.75 Å². The number of rotatable bonds is 8. The Bertz CT molecular complexity index is 1610. The Morgan fingerprint density at radius 3 is 2.82 bits per heavy atom. The molecule has 0 radical (unpaired) electrons. The van der Waals surface area contributed by atoms with Crippen molar-refractivity contribution in [2.75, 3.05) is 5.75 Å². The van der Waals surface area contributed by atoms with E-state index in [1.807, 2.05) is 0 Å². The van der Waals surface area contributed by atoms with Crippen LogP contribution in [-0.2, 0) is 24.1 Å². The zero-order valence-corrected chi connectivity index (χ0v) is 22.8. The van der Waals surface area contributed by atoms with Gasteiger partial charge in [0.2, 0.25) is 0 Å². The largest absolute Gasteiger partial charge is 0.507 e. The van der Waals surface area contributed by atoms with Gasteiger partial charge in [0.1, 0.15) is 10.6 Å². The van der Waals surface area contributed by atoms with E-state index in [0.29, 0.717) is 38.1 Å². The Hall–Kier alpha value is -3.40. The number of benzene rings is 2. The summed E-state index contributed by atoms with van der Waals surface area (Å²) in [6.07, 6.45) is 7.65. The van der Waals surface area contributed by atoms with E-state index >= 15 is 0 Å².